The van der Waals surface area contributed by atoms with Crippen LogP contribution in [0.1, 0.15) is 72.4 Å². The highest BCUT2D eigenvalue weighted by Crippen LogP contribution is 2.44. The molecule has 43 heavy (non-hydrogen) atoms. The van der Waals surface area contributed by atoms with E-state index in [1.165, 1.54) is 25.1 Å². The van der Waals surface area contributed by atoms with Crippen molar-refractivity contribution >= 4 is 5.95 Å². The van der Waals surface area contributed by atoms with Crippen LogP contribution in [0.15, 0.2) is 36.4 Å². The molecule has 0 unspecified atom stereocenters. The van der Waals surface area contributed by atoms with Gasteiger partial charge in [-0.1, -0.05) is 30.4 Å². The van der Waals surface area contributed by atoms with E-state index >= 15 is 0 Å². The lowest BCUT2D eigenvalue weighted by molar-refractivity contribution is -0.143. The van der Waals surface area contributed by atoms with Crippen LogP contribution < -0.4 is 4.90 Å². The molecule has 0 spiro atoms. The van der Waals surface area contributed by atoms with Crippen LogP contribution in [-0.4, -0.2) is 27.3 Å². The Kier molecular flexibility index (Phi) is 9.06. The number of benzene rings is 2. The summed E-state index contributed by atoms with van der Waals surface area (Å²) in [4.78, 5) is 2.21. The van der Waals surface area contributed by atoms with E-state index in [0.29, 0.717) is 17.7 Å². The largest absolute Gasteiger partial charge is 0.416 e. The van der Waals surface area contributed by atoms with Crippen molar-refractivity contribution in [3.05, 3.63) is 69.8 Å². The molecular weight excluding hydrogens is 593 g/mol. The molecule has 0 radical (unpaired) electrons. The number of alkyl halides is 9. The fraction of sp³-hybridized carbons (Fsp3) is 0.536. The molecule has 0 N–H and O–H groups in total. The van der Waals surface area contributed by atoms with Gasteiger partial charge in [0, 0.05) is 20.2 Å². The van der Waals surface area contributed by atoms with Gasteiger partial charge >= 0.3 is 18.5 Å². The first-order chi connectivity index (χ1) is 19.9. The monoisotopic (exact) mass is 623 g/mol. The Bertz CT molecular complexity index is 1380. The van der Waals surface area contributed by atoms with Crippen LogP contribution in [0.25, 0.3) is 0 Å². The molecule has 236 valence electrons. The number of anilines is 1. The average molecular weight is 624 g/mol. The molecule has 3 aromatic rings. The van der Waals surface area contributed by atoms with E-state index in [0.717, 1.165) is 49.0 Å². The smallest absolute Gasteiger partial charge is 0.374 e. The van der Waals surface area contributed by atoms with E-state index in [1.807, 2.05) is 0 Å². The van der Waals surface area contributed by atoms with Crippen LogP contribution in [0.3, 0.4) is 0 Å². The predicted octanol–water partition coefficient (Wildman–Crippen LogP) is 7.92. The van der Waals surface area contributed by atoms with Gasteiger partial charge in [-0.3, -0.25) is 0 Å². The van der Waals surface area contributed by atoms with Crippen molar-refractivity contribution < 1.29 is 44.3 Å². The number of rotatable bonds is 8. The maximum Gasteiger partial charge on any atom is 0.416 e. The topological polar surface area (TPSA) is 56.1 Å². The van der Waals surface area contributed by atoms with Crippen LogP contribution >= 0.6 is 0 Å². The van der Waals surface area contributed by atoms with Gasteiger partial charge in [0.25, 0.3) is 5.95 Å². The highest BCUT2D eigenvalue weighted by atomic mass is 19.4. The summed E-state index contributed by atoms with van der Waals surface area (Å²) < 4.78 is 129. The minimum Gasteiger partial charge on any atom is -0.374 e. The second kappa shape index (κ2) is 12.0. The van der Waals surface area contributed by atoms with E-state index in [4.69, 9.17) is 4.74 Å². The molecule has 6 nitrogen and oxygen atoms in total. The Morgan fingerprint density at radius 2 is 1.40 bits per heavy atom. The summed E-state index contributed by atoms with van der Waals surface area (Å²) in [5.74, 6) is -0.240. The third-order valence-electron chi connectivity index (χ3n) is 7.94. The van der Waals surface area contributed by atoms with Crippen LogP contribution in [0.2, 0.25) is 0 Å². The lowest BCUT2D eigenvalue weighted by Gasteiger charge is -2.41. The van der Waals surface area contributed by atoms with Gasteiger partial charge in [-0.25, -0.2) is 0 Å². The molecule has 0 bridgehead atoms. The highest BCUT2D eigenvalue weighted by molar-refractivity contribution is 5.43. The quantitative estimate of drug-likeness (QED) is 0.239. The van der Waals surface area contributed by atoms with Gasteiger partial charge in [0.05, 0.1) is 29.3 Å². The first-order valence-corrected chi connectivity index (χ1v) is 13.4. The van der Waals surface area contributed by atoms with Gasteiger partial charge in [-0.2, -0.15) is 44.3 Å². The Hall–Kier alpha value is -3.36. The molecule has 1 heterocycles. The van der Waals surface area contributed by atoms with Crippen LogP contribution in [0.5, 0.6) is 0 Å². The Morgan fingerprint density at radius 1 is 0.814 bits per heavy atom. The molecule has 1 saturated carbocycles. The number of hydrogen-bond donors (Lipinski definition) is 0. The molecule has 1 fully saturated rings. The van der Waals surface area contributed by atoms with Crippen molar-refractivity contribution in [1.82, 2.24) is 20.2 Å². The fourth-order valence-electron chi connectivity index (χ4n) is 5.67. The zero-order valence-electron chi connectivity index (χ0n) is 23.5. The molecule has 1 aliphatic rings. The number of tetrazole rings is 1. The van der Waals surface area contributed by atoms with Gasteiger partial charge in [0.15, 0.2) is 0 Å². The van der Waals surface area contributed by atoms with Crippen LogP contribution in [0, 0.1) is 5.92 Å². The van der Waals surface area contributed by atoms with E-state index in [1.54, 1.807) is 6.92 Å². The lowest BCUT2D eigenvalue weighted by Crippen LogP contribution is -2.37. The lowest BCUT2D eigenvalue weighted by atomic mass is 9.73. The Morgan fingerprint density at radius 3 is 1.88 bits per heavy atom. The van der Waals surface area contributed by atoms with Crippen molar-refractivity contribution in [3.63, 3.8) is 0 Å². The molecule has 4 rings (SSSR count). The number of aromatic nitrogens is 4. The summed E-state index contributed by atoms with van der Waals surface area (Å²) in [6, 6.07) is 4.32. The summed E-state index contributed by atoms with van der Waals surface area (Å²) in [5.41, 5.74) is -4.91. The second-order valence-corrected chi connectivity index (χ2v) is 10.9. The summed E-state index contributed by atoms with van der Waals surface area (Å²) in [7, 11) is 2.85. The normalized spacial score (nSPS) is 16.7. The fourth-order valence-corrected chi connectivity index (χ4v) is 5.67. The molecule has 1 aromatic heterocycles. The summed E-state index contributed by atoms with van der Waals surface area (Å²) >= 11 is 0. The SMILES string of the molecule is CO[C@@](C)(c1ccc(C(F)(F)F)cc1CN(Cc1cc(C(F)(F)F)cc(C(F)(F)F)c1)c1nnn(C)n1)C1CCCCC1. The average Bonchev–Trinajstić information content (AvgIpc) is 3.37. The highest BCUT2D eigenvalue weighted by Gasteiger charge is 2.41. The molecule has 0 saturated heterocycles. The molecule has 0 amide bonds. The maximum absolute atomic E-state index is 13.9. The van der Waals surface area contributed by atoms with Gasteiger partial charge in [-0.15, -0.1) is 5.10 Å². The minimum atomic E-state index is -5.08. The molecule has 15 heteroatoms. The minimum absolute atomic E-state index is 0.00746. The van der Waals surface area contributed by atoms with Gasteiger partial charge in [-0.05, 0) is 77.9 Å². The van der Waals surface area contributed by atoms with Crippen LogP contribution in [0.4, 0.5) is 45.5 Å². The summed E-state index contributed by atoms with van der Waals surface area (Å²) in [6.07, 6.45) is -10.5. The van der Waals surface area contributed by atoms with E-state index in [9.17, 15) is 39.5 Å². The number of aryl methyl sites for hydroxylation is 1. The molecule has 0 aliphatic heterocycles. The number of halogens is 9. The van der Waals surface area contributed by atoms with Crippen molar-refractivity contribution in [2.45, 2.75) is 76.2 Å². The Balaban J connectivity index is 1.85. The van der Waals surface area contributed by atoms with Crippen molar-refractivity contribution in [1.29, 1.82) is 0 Å². The number of methoxy groups -OCH3 is 1. The maximum atomic E-state index is 13.9. The standard InChI is InChI=1S/C28H30F9N5O/c1-25(43-3,19-7-5-4-6-8-19)23-10-9-20(26(29,30)31)13-18(23)16-42(24-38-40-41(2)39-24)15-17-11-21(27(32,33)34)14-22(12-17)28(35,36)37/h9-14,19H,4-8,15-16H2,1-3H3/t25-/m1/s1. The summed E-state index contributed by atoms with van der Waals surface area (Å²) in [6.45, 7) is 0.790. The molecular formula is C28H30F9N5O. The van der Waals surface area contributed by atoms with Crippen molar-refractivity contribution in [2.24, 2.45) is 13.0 Å². The zero-order valence-corrected chi connectivity index (χ0v) is 23.5. The third kappa shape index (κ3) is 7.42. The molecule has 1 aliphatic carbocycles. The second-order valence-electron chi connectivity index (χ2n) is 10.9. The Labute approximate surface area is 241 Å². The van der Waals surface area contributed by atoms with E-state index in [2.05, 4.69) is 15.4 Å². The predicted molar refractivity (Wildman–Crippen MR) is 138 cm³/mol. The zero-order chi connectivity index (χ0) is 31.8. The number of ether oxygens (including phenoxy) is 1. The van der Waals surface area contributed by atoms with Gasteiger partial charge in [0.2, 0.25) is 0 Å². The first kappa shape index (κ1) is 32.6. The van der Waals surface area contributed by atoms with Gasteiger partial charge < -0.3 is 9.64 Å². The van der Waals surface area contributed by atoms with E-state index in [-0.39, 0.29) is 23.5 Å². The number of hydrogen-bond acceptors (Lipinski definition) is 5. The van der Waals surface area contributed by atoms with Crippen molar-refractivity contribution in [2.75, 3.05) is 12.0 Å². The number of nitrogens with zero attached hydrogens (tertiary/aromatic N) is 5. The van der Waals surface area contributed by atoms with Crippen molar-refractivity contribution in [3.8, 4) is 0 Å². The van der Waals surface area contributed by atoms with Gasteiger partial charge in [0.1, 0.15) is 0 Å². The van der Waals surface area contributed by atoms with Crippen LogP contribution in [-0.2, 0) is 49.0 Å². The summed E-state index contributed by atoms with van der Waals surface area (Å²) in [5, 5.41) is 11.6. The third-order valence-corrected chi connectivity index (χ3v) is 7.94. The molecule has 2 aromatic carbocycles. The van der Waals surface area contributed by atoms with E-state index < -0.39 is 59.5 Å². The first-order valence-electron chi connectivity index (χ1n) is 13.4. The molecule has 1 atom stereocenters.